The van der Waals surface area contributed by atoms with Crippen molar-refractivity contribution in [2.75, 3.05) is 38.2 Å². The molecular weight excluding hydrogens is 500 g/mol. The maximum atomic E-state index is 15.3. The molecule has 4 aromatic rings. The van der Waals surface area contributed by atoms with E-state index in [0.29, 0.717) is 31.9 Å². The Bertz CT molecular complexity index is 1390. The second kappa shape index (κ2) is 10.5. The third kappa shape index (κ3) is 5.10. The lowest BCUT2D eigenvalue weighted by Gasteiger charge is -2.36. The first-order valence-electron chi connectivity index (χ1n) is 11.7. The van der Waals surface area contributed by atoms with Gasteiger partial charge >= 0.3 is 0 Å². The van der Waals surface area contributed by atoms with Gasteiger partial charge in [-0.3, -0.25) is 9.89 Å². The van der Waals surface area contributed by atoms with Crippen molar-refractivity contribution in [2.45, 2.75) is 12.5 Å². The molecule has 5 rings (SSSR count). The summed E-state index contributed by atoms with van der Waals surface area (Å²) < 4.78 is 35.5. The summed E-state index contributed by atoms with van der Waals surface area (Å²) in [6.45, 7) is 1.36. The van der Waals surface area contributed by atoms with Crippen molar-refractivity contribution in [2.24, 2.45) is 0 Å². The largest absolute Gasteiger partial charge is 0.474 e. The Labute approximate surface area is 216 Å². The summed E-state index contributed by atoms with van der Waals surface area (Å²) in [7, 11) is 1.39. The summed E-state index contributed by atoms with van der Waals surface area (Å²) in [5.74, 6) is -1.45. The number of halogens is 2. The highest BCUT2D eigenvalue weighted by Gasteiger charge is 2.28. The zero-order valence-electron chi connectivity index (χ0n) is 20.0. The minimum Gasteiger partial charge on any atom is -0.474 e. The van der Waals surface area contributed by atoms with Gasteiger partial charge in [-0.2, -0.15) is 0 Å². The van der Waals surface area contributed by atoms with E-state index in [9.17, 15) is 4.79 Å². The number of thiocarbonyl (C=S) groups is 1. The molecule has 192 valence electrons. The third-order valence-corrected chi connectivity index (χ3v) is 6.80. The van der Waals surface area contributed by atoms with E-state index in [1.54, 1.807) is 9.80 Å². The van der Waals surface area contributed by atoms with E-state index >= 15 is 8.78 Å². The average molecular weight is 526 g/mol. The Morgan fingerprint density at radius 1 is 1.16 bits per heavy atom. The van der Waals surface area contributed by atoms with Gasteiger partial charge in [0.25, 0.3) is 5.17 Å². The molecule has 1 amide bonds. The maximum absolute atomic E-state index is 15.3. The molecule has 2 aromatic carbocycles. The van der Waals surface area contributed by atoms with Crippen molar-refractivity contribution < 1.29 is 18.3 Å². The molecule has 0 bridgehead atoms. The Kier molecular flexibility index (Phi) is 6.99. The van der Waals surface area contributed by atoms with E-state index in [4.69, 9.17) is 17.0 Å². The number of para-hydroxylation sites is 1. The summed E-state index contributed by atoms with van der Waals surface area (Å²) in [4.78, 5) is 19.5. The number of carbonyl (C=O) groups excluding carboxylic acids is 1. The van der Waals surface area contributed by atoms with Crippen molar-refractivity contribution in [1.82, 2.24) is 30.6 Å². The molecule has 37 heavy (non-hydrogen) atoms. The van der Waals surface area contributed by atoms with Gasteiger partial charge < -0.3 is 24.8 Å². The smallest absolute Gasteiger partial charge is 0.257 e. The van der Waals surface area contributed by atoms with E-state index in [2.05, 4.69) is 25.7 Å². The second-order valence-corrected chi connectivity index (χ2v) is 9.08. The summed E-state index contributed by atoms with van der Waals surface area (Å²) in [5, 5.41) is 14.1. The van der Waals surface area contributed by atoms with Crippen molar-refractivity contribution in [3.05, 3.63) is 77.2 Å². The highest BCUT2D eigenvalue weighted by molar-refractivity contribution is 7.80. The molecule has 0 aliphatic carbocycles. The number of rotatable bonds is 6. The number of fused-ring (bicyclic) bond motifs is 1. The van der Waals surface area contributed by atoms with Crippen LogP contribution in [0.4, 0.5) is 14.5 Å². The number of ether oxygens (including phenoxy) is 1. The van der Waals surface area contributed by atoms with Crippen molar-refractivity contribution in [3.63, 3.8) is 0 Å². The number of H-pyrrole nitrogens is 2. The van der Waals surface area contributed by atoms with Crippen molar-refractivity contribution in [1.29, 1.82) is 0 Å². The van der Waals surface area contributed by atoms with Gasteiger partial charge in [0.2, 0.25) is 5.91 Å². The number of piperazine rings is 1. The Hall–Kier alpha value is -4.06. The number of aromatic amines is 2. The van der Waals surface area contributed by atoms with Gasteiger partial charge in [0.1, 0.15) is 29.1 Å². The highest BCUT2D eigenvalue weighted by atomic mass is 32.1. The third-order valence-electron chi connectivity index (χ3n) is 6.52. The number of aromatic nitrogens is 4. The van der Waals surface area contributed by atoms with Crippen molar-refractivity contribution >= 4 is 39.9 Å². The fourth-order valence-corrected chi connectivity index (χ4v) is 4.76. The van der Waals surface area contributed by atoms with Crippen LogP contribution in [0.1, 0.15) is 22.9 Å². The fraction of sp³-hybridized carbons (Fsp3) is 0.280. The highest BCUT2D eigenvalue weighted by Crippen LogP contribution is 2.30. The molecule has 3 N–H and O–H groups in total. The van der Waals surface area contributed by atoms with Crippen LogP contribution in [0.25, 0.3) is 10.9 Å². The van der Waals surface area contributed by atoms with Crippen LogP contribution < -0.4 is 10.2 Å². The predicted molar refractivity (Wildman–Crippen MR) is 138 cm³/mol. The summed E-state index contributed by atoms with van der Waals surface area (Å²) in [6.07, 6.45) is 3.62. The number of carbonyl (C=O) groups is 1. The van der Waals surface area contributed by atoms with Crippen LogP contribution in [0.3, 0.4) is 0 Å². The first kappa shape index (κ1) is 24.6. The van der Waals surface area contributed by atoms with Crippen LogP contribution in [0.15, 0.2) is 48.8 Å². The van der Waals surface area contributed by atoms with Crippen LogP contribution >= 0.6 is 12.2 Å². The number of hydrogen-bond donors (Lipinski definition) is 3. The van der Waals surface area contributed by atoms with Crippen LogP contribution in [0, 0.1) is 11.6 Å². The van der Waals surface area contributed by atoms with Crippen LogP contribution in [-0.2, 0) is 16.0 Å². The lowest BCUT2D eigenvalue weighted by atomic mass is 10.0. The number of nitrogens with one attached hydrogen (secondary N) is 3. The molecule has 1 aliphatic heterocycles. The molecule has 9 nitrogen and oxygen atoms in total. The molecule has 1 fully saturated rings. The van der Waals surface area contributed by atoms with Gasteiger partial charge in [-0.1, -0.05) is 23.4 Å². The van der Waals surface area contributed by atoms with E-state index in [-0.39, 0.29) is 28.8 Å². The van der Waals surface area contributed by atoms with Gasteiger partial charge in [-0.25, -0.2) is 8.78 Å². The van der Waals surface area contributed by atoms with Gasteiger partial charge in [0.05, 0.1) is 13.5 Å². The number of benzene rings is 2. The topological polar surface area (TPSA) is 102 Å². The maximum Gasteiger partial charge on any atom is 0.257 e. The van der Waals surface area contributed by atoms with E-state index in [1.165, 1.54) is 25.4 Å². The lowest BCUT2D eigenvalue weighted by molar-refractivity contribution is -0.130. The molecule has 1 saturated heterocycles. The average Bonchev–Trinajstić information content (AvgIpc) is 3.58. The number of methoxy groups -OCH3 is 1. The van der Waals surface area contributed by atoms with Gasteiger partial charge in [0.15, 0.2) is 0 Å². The molecule has 1 unspecified atom stereocenters. The van der Waals surface area contributed by atoms with Crippen molar-refractivity contribution in [3.8, 4) is 0 Å². The molecule has 0 radical (unpaired) electrons. The Morgan fingerprint density at radius 2 is 1.89 bits per heavy atom. The van der Waals surface area contributed by atoms with Crippen LogP contribution in [0.2, 0.25) is 0 Å². The van der Waals surface area contributed by atoms with E-state index in [1.807, 2.05) is 30.5 Å². The molecule has 0 saturated carbocycles. The fourth-order valence-electron chi connectivity index (χ4n) is 4.64. The van der Waals surface area contributed by atoms with Gasteiger partial charge in [-0.15, -0.1) is 5.10 Å². The van der Waals surface area contributed by atoms with Gasteiger partial charge in [0, 0.05) is 49.5 Å². The molecule has 0 spiro atoms. The minimum atomic E-state index is -0.761. The lowest BCUT2D eigenvalue weighted by Crippen LogP contribution is -2.49. The quantitative estimate of drug-likeness (QED) is 0.333. The number of nitrogens with zero attached hydrogens (tertiary/aromatic N) is 4. The zero-order chi connectivity index (χ0) is 25.9. The normalized spacial score (nSPS) is 14.6. The van der Waals surface area contributed by atoms with E-state index < -0.39 is 17.7 Å². The SMILES string of the molecule is COC(=S)NC(c1cc(F)c(N2CCN(C(=O)Cc3c[nH]c4ccccc34)CC2)c(F)c1)c1c[nH]nn1. The molecular formula is C25H25F2N7O2S. The summed E-state index contributed by atoms with van der Waals surface area (Å²) >= 11 is 5.07. The predicted octanol–water partition coefficient (Wildman–Crippen LogP) is 3.07. The first-order valence-corrected chi connectivity index (χ1v) is 12.1. The standard InChI is InChI=1S/C25H25F2N7O2S/c1-36-25(37)30-23(21-14-29-32-31-21)15-10-18(26)24(19(27)11-15)34-8-6-33(7-9-34)22(35)12-16-13-28-20-5-3-2-4-17(16)20/h2-5,10-11,13-14,23,28H,6-9,12H2,1H3,(H,30,37)(H,29,31,32). The number of anilines is 1. The zero-order valence-corrected chi connectivity index (χ0v) is 20.8. The summed E-state index contributed by atoms with van der Waals surface area (Å²) in [5.41, 5.74) is 2.46. The van der Waals surface area contributed by atoms with E-state index in [0.717, 1.165) is 16.5 Å². The van der Waals surface area contributed by atoms with Crippen LogP contribution in [-0.4, -0.2) is 69.7 Å². The molecule has 1 atom stereocenters. The number of hydrogen-bond acceptors (Lipinski definition) is 6. The Balaban J connectivity index is 1.28. The molecule has 12 heteroatoms. The van der Waals surface area contributed by atoms with Gasteiger partial charge in [-0.05, 0) is 41.5 Å². The molecule has 2 aromatic heterocycles. The first-order chi connectivity index (χ1) is 17.9. The monoisotopic (exact) mass is 525 g/mol. The van der Waals surface area contributed by atoms with Crippen LogP contribution in [0.5, 0.6) is 0 Å². The molecule has 3 heterocycles. The summed E-state index contributed by atoms with van der Waals surface area (Å²) in [6, 6.07) is 9.55. The minimum absolute atomic E-state index is 0.0173. The second-order valence-electron chi connectivity index (χ2n) is 8.70. The molecule has 1 aliphatic rings. The number of amides is 1. The Morgan fingerprint density at radius 3 is 2.57 bits per heavy atom.